The van der Waals surface area contributed by atoms with Crippen LogP contribution in [0.25, 0.3) is 5.69 Å². The minimum absolute atomic E-state index is 0.0811. The number of nitrogens with zero attached hydrogens (tertiary/aromatic N) is 4. The van der Waals surface area contributed by atoms with E-state index < -0.39 is 0 Å². The van der Waals surface area contributed by atoms with Crippen LogP contribution in [0.3, 0.4) is 0 Å². The number of thioether (sulfide) groups is 1. The Morgan fingerprint density at radius 3 is 2.64 bits per heavy atom. The molecule has 1 unspecified atom stereocenters. The average molecular weight is 357 g/mol. The van der Waals surface area contributed by atoms with Crippen LogP contribution >= 0.6 is 11.8 Å². The number of amides is 1. The lowest BCUT2D eigenvalue weighted by Crippen LogP contribution is -2.28. The predicted molar refractivity (Wildman–Crippen MR) is 92.8 cm³/mol. The van der Waals surface area contributed by atoms with Gasteiger partial charge in [-0.1, -0.05) is 42.1 Å². The Bertz CT molecular complexity index is 838. The number of rotatable bonds is 6. The highest BCUT2D eigenvalue weighted by Gasteiger charge is 2.13. The van der Waals surface area contributed by atoms with E-state index in [9.17, 15) is 9.18 Å². The summed E-state index contributed by atoms with van der Waals surface area (Å²) in [4.78, 5) is 12.2. The van der Waals surface area contributed by atoms with Gasteiger partial charge in [0.1, 0.15) is 5.82 Å². The van der Waals surface area contributed by atoms with Crippen LogP contribution in [0, 0.1) is 5.82 Å². The Balaban J connectivity index is 1.60. The molecule has 1 heterocycles. The number of tetrazole rings is 1. The second-order valence-electron chi connectivity index (χ2n) is 5.34. The van der Waals surface area contributed by atoms with Crippen molar-refractivity contribution in [1.82, 2.24) is 25.5 Å². The maximum atomic E-state index is 13.0. The predicted octanol–water partition coefficient (Wildman–Crippen LogP) is 2.77. The number of hydrogen-bond acceptors (Lipinski definition) is 5. The number of benzene rings is 2. The summed E-state index contributed by atoms with van der Waals surface area (Å²) in [5, 5.41) is 14.8. The van der Waals surface area contributed by atoms with Crippen molar-refractivity contribution in [1.29, 1.82) is 0 Å². The summed E-state index contributed by atoms with van der Waals surface area (Å²) in [7, 11) is 0. The fourth-order valence-electron chi connectivity index (χ4n) is 2.25. The Kier molecular flexibility index (Phi) is 5.39. The maximum Gasteiger partial charge on any atom is 0.230 e. The third kappa shape index (κ3) is 4.42. The van der Waals surface area contributed by atoms with Crippen molar-refractivity contribution in [3.05, 3.63) is 66.0 Å². The number of halogens is 1. The molecule has 0 spiro atoms. The minimum Gasteiger partial charge on any atom is -0.349 e. The van der Waals surface area contributed by atoms with E-state index in [0.717, 1.165) is 5.56 Å². The molecule has 0 radical (unpaired) electrons. The van der Waals surface area contributed by atoms with Gasteiger partial charge in [0.25, 0.3) is 0 Å². The van der Waals surface area contributed by atoms with Crippen LogP contribution in [0.1, 0.15) is 18.5 Å². The van der Waals surface area contributed by atoms with Gasteiger partial charge in [0.05, 0.1) is 17.5 Å². The van der Waals surface area contributed by atoms with Gasteiger partial charge in [-0.3, -0.25) is 4.79 Å². The molecule has 3 aromatic rings. The molecule has 128 valence electrons. The largest absolute Gasteiger partial charge is 0.349 e. The van der Waals surface area contributed by atoms with Crippen LogP contribution in [0.4, 0.5) is 4.39 Å². The van der Waals surface area contributed by atoms with E-state index in [1.54, 1.807) is 12.1 Å². The van der Waals surface area contributed by atoms with Crippen LogP contribution in [-0.4, -0.2) is 31.9 Å². The van der Waals surface area contributed by atoms with Crippen LogP contribution in [0.5, 0.6) is 0 Å². The molecule has 0 fully saturated rings. The second kappa shape index (κ2) is 7.89. The molecule has 6 nitrogen and oxygen atoms in total. The van der Waals surface area contributed by atoms with Gasteiger partial charge < -0.3 is 5.32 Å². The Morgan fingerprint density at radius 1 is 1.20 bits per heavy atom. The van der Waals surface area contributed by atoms with Crippen molar-refractivity contribution in [2.24, 2.45) is 0 Å². The third-order valence-corrected chi connectivity index (χ3v) is 4.44. The molecule has 0 aliphatic carbocycles. The third-order valence-electron chi connectivity index (χ3n) is 3.52. The van der Waals surface area contributed by atoms with E-state index in [4.69, 9.17) is 0 Å². The van der Waals surface area contributed by atoms with Crippen molar-refractivity contribution in [3.63, 3.8) is 0 Å². The molecule has 0 saturated heterocycles. The summed E-state index contributed by atoms with van der Waals surface area (Å²) in [5.74, 6) is -0.269. The molecule has 3 rings (SSSR count). The summed E-state index contributed by atoms with van der Waals surface area (Å²) >= 11 is 1.22. The first-order chi connectivity index (χ1) is 12.1. The number of hydrogen-bond donors (Lipinski definition) is 1. The van der Waals surface area contributed by atoms with E-state index in [-0.39, 0.29) is 23.5 Å². The zero-order chi connectivity index (χ0) is 17.6. The van der Waals surface area contributed by atoms with E-state index in [1.807, 2.05) is 37.3 Å². The molecule has 0 aliphatic heterocycles. The number of nitrogens with one attached hydrogen (secondary N) is 1. The summed E-state index contributed by atoms with van der Waals surface area (Å²) in [6, 6.07) is 15.5. The van der Waals surface area contributed by atoms with Gasteiger partial charge in [0.2, 0.25) is 11.1 Å². The number of carbonyl (C=O) groups is 1. The molecule has 8 heteroatoms. The molecule has 1 N–H and O–H groups in total. The van der Waals surface area contributed by atoms with E-state index >= 15 is 0 Å². The molecule has 0 bridgehead atoms. The zero-order valence-electron chi connectivity index (χ0n) is 13.5. The van der Waals surface area contributed by atoms with E-state index in [1.165, 1.54) is 28.6 Å². The smallest absolute Gasteiger partial charge is 0.230 e. The van der Waals surface area contributed by atoms with Crippen molar-refractivity contribution in [3.8, 4) is 5.69 Å². The fraction of sp³-hybridized carbons (Fsp3) is 0.176. The Labute approximate surface area is 148 Å². The molecule has 1 amide bonds. The monoisotopic (exact) mass is 357 g/mol. The standard InChI is InChI=1S/C17H16FN5OS/c1-12(13-5-3-2-4-6-13)19-16(24)11-25-17-20-21-22-23(17)15-9-7-14(18)8-10-15/h2-10,12H,11H2,1H3,(H,19,24). The first-order valence-corrected chi connectivity index (χ1v) is 8.63. The van der Waals surface area contributed by atoms with Crippen LogP contribution < -0.4 is 5.32 Å². The molecular formula is C17H16FN5OS. The van der Waals surface area contributed by atoms with Gasteiger partial charge in [-0.15, -0.1) is 5.10 Å². The molecule has 25 heavy (non-hydrogen) atoms. The molecule has 1 aromatic heterocycles. The summed E-state index contributed by atoms with van der Waals surface area (Å²) < 4.78 is 14.5. The lowest BCUT2D eigenvalue weighted by atomic mass is 10.1. The molecule has 1 atom stereocenters. The first kappa shape index (κ1) is 17.1. The quantitative estimate of drug-likeness (QED) is 0.687. The number of aromatic nitrogens is 4. The molecule has 0 saturated carbocycles. The molecular weight excluding hydrogens is 341 g/mol. The normalized spacial score (nSPS) is 11.9. The van der Waals surface area contributed by atoms with Crippen LogP contribution in [0.2, 0.25) is 0 Å². The van der Waals surface area contributed by atoms with Gasteiger partial charge in [-0.05, 0) is 47.2 Å². The Hall–Kier alpha value is -2.74. The lowest BCUT2D eigenvalue weighted by Gasteiger charge is -2.13. The Morgan fingerprint density at radius 2 is 1.92 bits per heavy atom. The van der Waals surface area contributed by atoms with Crippen molar-refractivity contribution in [2.45, 2.75) is 18.1 Å². The topological polar surface area (TPSA) is 72.7 Å². The highest BCUT2D eigenvalue weighted by molar-refractivity contribution is 7.99. The maximum absolute atomic E-state index is 13.0. The van der Waals surface area contributed by atoms with Crippen LogP contribution in [0.15, 0.2) is 59.8 Å². The van der Waals surface area contributed by atoms with Gasteiger partial charge >= 0.3 is 0 Å². The van der Waals surface area contributed by atoms with Gasteiger partial charge in [-0.2, -0.15) is 4.68 Å². The van der Waals surface area contributed by atoms with E-state index in [2.05, 4.69) is 20.8 Å². The lowest BCUT2D eigenvalue weighted by molar-refractivity contribution is -0.119. The second-order valence-corrected chi connectivity index (χ2v) is 6.28. The fourth-order valence-corrected chi connectivity index (χ4v) is 2.95. The van der Waals surface area contributed by atoms with Crippen LogP contribution in [-0.2, 0) is 4.79 Å². The zero-order valence-corrected chi connectivity index (χ0v) is 14.3. The molecule has 2 aromatic carbocycles. The number of carbonyl (C=O) groups excluding carboxylic acids is 1. The highest BCUT2D eigenvalue weighted by Crippen LogP contribution is 2.19. The average Bonchev–Trinajstić information content (AvgIpc) is 3.10. The van der Waals surface area contributed by atoms with E-state index in [0.29, 0.717) is 10.8 Å². The summed E-state index contributed by atoms with van der Waals surface area (Å²) in [6.45, 7) is 1.93. The van der Waals surface area contributed by atoms with Crippen molar-refractivity contribution in [2.75, 3.05) is 5.75 Å². The highest BCUT2D eigenvalue weighted by atomic mass is 32.2. The SMILES string of the molecule is CC(NC(=O)CSc1nnnn1-c1ccc(F)cc1)c1ccccc1. The summed E-state index contributed by atoms with van der Waals surface area (Å²) in [5.41, 5.74) is 1.67. The van der Waals surface area contributed by atoms with Crippen molar-refractivity contribution >= 4 is 17.7 Å². The van der Waals surface area contributed by atoms with Gasteiger partial charge in [-0.25, -0.2) is 4.39 Å². The minimum atomic E-state index is -0.333. The van der Waals surface area contributed by atoms with Crippen molar-refractivity contribution < 1.29 is 9.18 Å². The summed E-state index contributed by atoms with van der Waals surface area (Å²) in [6.07, 6.45) is 0. The van der Waals surface area contributed by atoms with Gasteiger partial charge in [0.15, 0.2) is 0 Å². The van der Waals surface area contributed by atoms with Gasteiger partial charge in [0, 0.05) is 0 Å². The molecule has 0 aliphatic rings. The first-order valence-electron chi connectivity index (χ1n) is 7.65.